The van der Waals surface area contributed by atoms with Crippen molar-refractivity contribution in [1.29, 1.82) is 0 Å². The van der Waals surface area contributed by atoms with Gasteiger partial charge >= 0.3 is 0 Å². The Labute approximate surface area is 76.3 Å². The maximum atomic E-state index is 10.3. The zero-order valence-electron chi connectivity index (χ0n) is 6.51. The number of nitrogen functional groups attached to an aromatic ring is 1. The molecule has 2 nitrogen and oxygen atoms in total. The second kappa shape index (κ2) is 4.12. The average Bonchev–Trinajstić information content (AvgIpc) is 2.09. The molecule has 2 N–H and O–H groups in total. The van der Waals surface area contributed by atoms with E-state index in [-0.39, 0.29) is 0 Å². The fraction of sp³-hybridized carbons (Fsp3) is 0.222. The van der Waals surface area contributed by atoms with E-state index < -0.39 is 0 Å². The third kappa shape index (κ3) is 1.77. The van der Waals surface area contributed by atoms with Crippen LogP contribution in [-0.4, -0.2) is 12.2 Å². The van der Waals surface area contributed by atoms with Gasteiger partial charge in [-0.3, -0.25) is 4.79 Å². The minimum absolute atomic E-state index is 0.414. The van der Waals surface area contributed by atoms with Gasteiger partial charge in [0.1, 0.15) is 0 Å². The van der Waals surface area contributed by atoms with E-state index in [1.165, 1.54) is 0 Å². The first-order chi connectivity index (χ1) is 5.79. The maximum absolute atomic E-state index is 10.3. The highest BCUT2D eigenvalue weighted by Gasteiger charge is 2.02. The predicted octanol–water partition coefficient (Wildman–Crippen LogP) is 1.51. The summed E-state index contributed by atoms with van der Waals surface area (Å²) in [4.78, 5) is 10.3. The number of para-hydroxylation sites is 1. The Morgan fingerprint density at radius 1 is 1.50 bits per heavy atom. The Morgan fingerprint density at radius 2 is 2.25 bits per heavy atom. The van der Waals surface area contributed by atoms with E-state index in [2.05, 4.69) is 0 Å². The van der Waals surface area contributed by atoms with Gasteiger partial charge in [-0.25, -0.2) is 0 Å². The number of alkyl halides is 1. The van der Waals surface area contributed by atoms with Crippen LogP contribution in [0.2, 0.25) is 0 Å². The molecule has 1 aromatic carbocycles. The van der Waals surface area contributed by atoms with Crippen molar-refractivity contribution in [3.63, 3.8) is 0 Å². The zero-order valence-corrected chi connectivity index (χ0v) is 7.27. The number of rotatable bonds is 3. The monoisotopic (exact) mass is 182 g/mol. The van der Waals surface area contributed by atoms with Gasteiger partial charge in [0.05, 0.1) is 0 Å². The molecule has 63 valence electrons. The van der Waals surface area contributed by atoms with Gasteiger partial charge in [0.25, 0.3) is 0 Å². The van der Waals surface area contributed by atoms with Gasteiger partial charge in [0.2, 0.25) is 6.29 Å². The average molecular weight is 183 g/mol. The number of hydrogen-bond donors (Lipinski definition) is 1. The fourth-order valence-electron chi connectivity index (χ4n) is 1.02. The fourth-order valence-corrected chi connectivity index (χ4v) is 1.23. The first kappa shape index (κ1) is 9.07. The van der Waals surface area contributed by atoms with Crippen molar-refractivity contribution >= 4 is 23.6 Å². The van der Waals surface area contributed by atoms with Crippen LogP contribution >= 0.6 is 11.6 Å². The Morgan fingerprint density at radius 3 is 2.83 bits per heavy atom. The molecule has 0 amide bonds. The van der Waals surface area contributed by atoms with Gasteiger partial charge in [0.15, 0.2) is 0 Å². The SMILES string of the molecule is Nc1c([C]=O)cccc1CCCl. The van der Waals surface area contributed by atoms with Crippen molar-refractivity contribution in [2.75, 3.05) is 11.6 Å². The number of benzene rings is 1. The van der Waals surface area contributed by atoms with Crippen LogP contribution in [-0.2, 0) is 11.2 Å². The van der Waals surface area contributed by atoms with Crippen molar-refractivity contribution in [1.82, 2.24) is 0 Å². The largest absolute Gasteiger partial charge is 0.398 e. The first-order valence-corrected chi connectivity index (χ1v) is 4.14. The molecule has 12 heavy (non-hydrogen) atoms. The topological polar surface area (TPSA) is 43.1 Å². The number of hydrogen-bond acceptors (Lipinski definition) is 2. The molecule has 0 aliphatic rings. The number of aryl methyl sites for hydroxylation is 1. The highest BCUT2D eigenvalue weighted by atomic mass is 35.5. The maximum Gasteiger partial charge on any atom is 0.235 e. The normalized spacial score (nSPS) is 9.75. The van der Waals surface area contributed by atoms with Crippen molar-refractivity contribution in [2.45, 2.75) is 6.42 Å². The van der Waals surface area contributed by atoms with E-state index in [1.54, 1.807) is 18.4 Å². The highest BCUT2D eigenvalue weighted by molar-refractivity contribution is 6.18. The molecular weight excluding hydrogens is 174 g/mol. The van der Waals surface area contributed by atoms with Gasteiger partial charge < -0.3 is 5.73 Å². The molecule has 0 bridgehead atoms. The number of anilines is 1. The summed E-state index contributed by atoms with van der Waals surface area (Å²) in [5.74, 6) is 0.506. The minimum Gasteiger partial charge on any atom is -0.398 e. The van der Waals surface area contributed by atoms with E-state index in [4.69, 9.17) is 17.3 Å². The second-order valence-electron chi connectivity index (χ2n) is 2.42. The summed E-state index contributed by atoms with van der Waals surface area (Å²) in [7, 11) is 0. The van der Waals surface area contributed by atoms with Crippen LogP contribution < -0.4 is 5.73 Å². The molecule has 0 aliphatic carbocycles. The van der Waals surface area contributed by atoms with Gasteiger partial charge in [-0.05, 0) is 18.1 Å². The summed E-state index contributed by atoms with van der Waals surface area (Å²) >= 11 is 5.55. The molecule has 1 aromatic rings. The van der Waals surface area contributed by atoms with Crippen molar-refractivity contribution in [3.05, 3.63) is 29.3 Å². The molecule has 0 spiro atoms. The van der Waals surface area contributed by atoms with Crippen LogP contribution in [0.15, 0.2) is 18.2 Å². The molecule has 0 atom stereocenters. The van der Waals surface area contributed by atoms with Crippen molar-refractivity contribution < 1.29 is 4.79 Å². The summed E-state index contributed by atoms with van der Waals surface area (Å²) in [5.41, 5.74) is 7.48. The van der Waals surface area contributed by atoms with Gasteiger partial charge in [0, 0.05) is 17.1 Å². The third-order valence-corrected chi connectivity index (χ3v) is 1.86. The lowest BCUT2D eigenvalue weighted by molar-refractivity contribution is 0.563. The van der Waals surface area contributed by atoms with Gasteiger partial charge in [-0.2, -0.15) is 0 Å². The predicted molar refractivity (Wildman–Crippen MR) is 50.1 cm³/mol. The summed E-state index contributed by atoms with van der Waals surface area (Å²) in [6.07, 6.45) is 2.46. The Balaban J connectivity index is 3.04. The molecule has 0 saturated heterocycles. The van der Waals surface area contributed by atoms with Gasteiger partial charge in [-0.15, -0.1) is 11.6 Å². The van der Waals surface area contributed by atoms with Crippen LogP contribution in [0, 0.1) is 0 Å². The molecule has 1 radical (unpaired) electrons. The number of nitrogens with two attached hydrogens (primary N) is 1. The quantitative estimate of drug-likeness (QED) is 0.569. The van der Waals surface area contributed by atoms with Gasteiger partial charge in [-0.1, -0.05) is 12.1 Å². The molecule has 0 saturated carbocycles. The van der Waals surface area contributed by atoms with E-state index in [0.29, 0.717) is 23.6 Å². The Kier molecular flexibility index (Phi) is 3.11. The standard InChI is InChI=1S/C9H9ClNO/c10-5-4-7-2-1-3-8(6-12)9(7)11/h1-3H,4-5,11H2. The minimum atomic E-state index is 0.414. The molecule has 1 rings (SSSR count). The van der Waals surface area contributed by atoms with Crippen molar-refractivity contribution in [2.24, 2.45) is 0 Å². The molecular formula is C9H9ClNO. The lowest BCUT2D eigenvalue weighted by atomic mass is 10.1. The van der Waals surface area contributed by atoms with E-state index in [9.17, 15) is 4.79 Å². The summed E-state index contributed by atoms with van der Waals surface area (Å²) < 4.78 is 0. The molecule has 0 unspecified atom stereocenters. The molecule has 0 fully saturated rings. The number of halogens is 1. The van der Waals surface area contributed by atoms with E-state index >= 15 is 0 Å². The van der Waals surface area contributed by atoms with Crippen LogP contribution in [0.4, 0.5) is 5.69 Å². The number of carbonyl (C=O) groups excluding carboxylic acids is 1. The lowest BCUT2D eigenvalue weighted by Gasteiger charge is -2.04. The smallest absolute Gasteiger partial charge is 0.235 e. The summed E-state index contributed by atoms with van der Waals surface area (Å²) in [6, 6.07) is 5.27. The lowest BCUT2D eigenvalue weighted by Crippen LogP contribution is -1.99. The van der Waals surface area contributed by atoms with Crippen LogP contribution in [0.25, 0.3) is 0 Å². The third-order valence-electron chi connectivity index (χ3n) is 1.67. The summed E-state index contributed by atoms with van der Waals surface area (Å²) in [6.45, 7) is 0. The second-order valence-corrected chi connectivity index (χ2v) is 2.80. The summed E-state index contributed by atoms with van der Waals surface area (Å²) in [5, 5.41) is 0. The zero-order chi connectivity index (χ0) is 8.97. The highest BCUT2D eigenvalue weighted by Crippen LogP contribution is 2.16. The van der Waals surface area contributed by atoms with Crippen LogP contribution in [0.1, 0.15) is 11.1 Å². The molecule has 3 heteroatoms. The van der Waals surface area contributed by atoms with Crippen molar-refractivity contribution in [3.8, 4) is 0 Å². The Hall–Kier alpha value is -1.02. The van der Waals surface area contributed by atoms with E-state index in [0.717, 1.165) is 5.56 Å². The van der Waals surface area contributed by atoms with Crippen LogP contribution in [0.3, 0.4) is 0 Å². The molecule has 0 heterocycles. The Bertz CT molecular complexity index is 286. The van der Waals surface area contributed by atoms with Crippen LogP contribution in [0.5, 0.6) is 0 Å². The molecule has 0 aliphatic heterocycles. The molecule has 0 aromatic heterocycles. The van der Waals surface area contributed by atoms with E-state index in [1.807, 2.05) is 6.07 Å². The first-order valence-electron chi connectivity index (χ1n) is 3.61.